The van der Waals surface area contributed by atoms with Gasteiger partial charge in [0.25, 0.3) is 5.91 Å². The zero-order chi connectivity index (χ0) is 23.6. The van der Waals surface area contributed by atoms with Gasteiger partial charge in [0.15, 0.2) is 11.2 Å². The molecular weight excluding hydrogens is 480 g/mol. The second-order valence-corrected chi connectivity index (χ2v) is 9.57. The van der Waals surface area contributed by atoms with Gasteiger partial charge in [0.2, 0.25) is 5.89 Å². The fourth-order valence-corrected chi connectivity index (χ4v) is 3.70. The first kappa shape index (κ1) is 23.1. The minimum Gasteiger partial charge on any atom is -0.478 e. The minimum atomic E-state index is -1.04. The molecule has 0 saturated heterocycles. The number of fused-ring (bicyclic) bond motifs is 1. The molecule has 3 aromatic carbocycles. The van der Waals surface area contributed by atoms with Gasteiger partial charge in [-0.2, -0.15) is 0 Å². The summed E-state index contributed by atoms with van der Waals surface area (Å²) in [5, 5.41) is 2.92. The van der Waals surface area contributed by atoms with Crippen molar-refractivity contribution in [3.05, 3.63) is 76.8 Å². The van der Waals surface area contributed by atoms with Crippen LogP contribution >= 0.6 is 15.9 Å². The van der Waals surface area contributed by atoms with Gasteiger partial charge < -0.3 is 14.5 Å². The lowest BCUT2D eigenvalue weighted by Crippen LogP contribution is -2.42. The van der Waals surface area contributed by atoms with Gasteiger partial charge in [-0.25, -0.2) is 4.98 Å². The number of oxazole rings is 1. The van der Waals surface area contributed by atoms with E-state index in [-0.39, 0.29) is 5.91 Å². The average Bonchev–Trinajstić information content (AvgIpc) is 3.23. The molecule has 1 atom stereocenters. The molecule has 0 radical (unpaired) electrons. The Kier molecular flexibility index (Phi) is 6.56. The third-order valence-electron chi connectivity index (χ3n) is 5.72. The molecule has 0 aliphatic heterocycles. The Bertz CT molecular complexity index is 1260. The standard InChI is InChI=1S/C27H27BrN2O3/c1-5-17(2)19-8-15-24-23(16-19)30-25(32-24)18-6-11-21(12-7-18)29-26(31)27(3,4)33-22-13-9-20(28)10-14-22/h6-17H,5H2,1-4H3,(H,29,31)/t17-/m1/s1. The summed E-state index contributed by atoms with van der Waals surface area (Å²) in [6, 6.07) is 21.0. The van der Waals surface area contributed by atoms with Gasteiger partial charge in [0.1, 0.15) is 11.3 Å². The van der Waals surface area contributed by atoms with Crippen molar-refractivity contribution < 1.29 is 13.9 Å². The minimum absolute atomic E-state index is 0.238. The van der Waals surface area contributed by atoms with Gasteiger partial charge in [0, 0.05) is 15.7 Å². The summed E-state index contributed by atoms with van der Waals surface area (Å²) in [6.07, 6.45) is 1.08. The largest absolute Gasteiger partial charge is 0.478 e. The zero-order valence-electron chi connectivity index (χ0n) is 19.2. The van der Waals surface area contributed by atoms with Crippen LogP contribution in [-0.2, 0) is 4.79 Å². The first-order valence-corrected chi connectivity index (χ1v) is 11.8. The average molecular weight is 507 g/mol. The van der Waals surface area contributed by atoms with E-state index in [4.69, 9.17) is 9.15 Å². The zero-order valence-corrected chi connectivity index (χ0v) is 20.8. The molecule has 1 aromatic heterocycles. The lowest BCUT2D eigenvalue weighted by Gasteiger charge is -2.25. The van der Waals surface area contributed by atoms with Crippen molar-refractivity contribution in [1.29, 1.82) is 0 Å². The van der Waals surface area contributed by atoms with Crippen molar-refractivity contribution in [2.45, 2.75) is 45.6 Å². The number of nitrogens with one attached hydrogen (secondary N) is 1. The number of rotatable bonds is 7. The second kappa shape index (κ2) is 9.40. The van der Waals surface area contributed by atoms with E-state index in [1.165, 1.54) is 5.56 Å². The quantitative estimate of drug-likeness (QED) is 0.280. The molecule has 0 unspecified atom stereocenters. The summed E-state index contributed by atoms with van der Waals surface area (Å²) in [7, 11) is 0. The monoisotopic (exact) mass is 506 g/mol. The molecule has 33 heavy (non-hydrogen) atoms. The van der Waals surface area contributed by atoms with Crippen molar-refractivity contribution in [1.82, 2.24) is 4.98 Å². The van der Waals surface area contributed by atoms with Crippen molar-refractivity contribution in [3.63, 3.8) is 0 Å². The smallest absolute Gasteiger partial charge is 0.267 e. The van der Waals surface area contributed by atoms with Crippen LogP contribution in [0.1, 0.15) is 45.6 Å². The van der Waals surface area contributed by atoms with Crippen molar-refractivity contribution in [2.75, 3.05) is 5.32 Å². The highest BCUT2D eigenvalue weighted by Crippen LogP contribution is 2.29. The number of anilines is 1. The molecular formula is C27H27BrN2O3. The van der Waals surface area contributed by atoms with Crippen LogP contribution in [-0.4, -0.2) is 16.5 Å². The van der Waals surface area contributed by atoms with Crippen LogP contribution in [0.5, 0.6) is 5.75 Å². The first-order chi connectivity index (χ1) is 15.7. The number of carbonyl (C=O) groups is 1. The predicted octanol–water partition coefficient (Wildman–Crippen LogP) is 7.57. The topological polar surface area (TPSA) is 64.4 Å². The van der Waals surface area contributed by atoms with Crippen LogP contribution in [0.2, 0.25) is 0 Å². The SMILES string of the molecule is CC[C@@H](C)c1ccc2oc(-c3ccc(NC(=O)C(C)(C)Oc4ccc(Br)cc4)cc3)nc2c1. The Hall–Kier alpha value is -3.12. The van der Waals surface area contributed by atoms with E-state index in [1.54, 1.807) is 13.8 Å². The fraction of sp³-hybridized carbons (Fsp3) is 0.259. The number of halogens is 1. The number of benzene rings is 3. The summed E-state index contributed by atoms with van der Waals surface area (Å²) < 4.78 is 12.8. The van der Waals surface area contributed by atoms with Gasteiger partial charge in [-0.15, -0.1) is 0 Å². The Morgan fingerprint density at radius 2 is 1.79 bits per heavy atom. The van der Waals surface area contributed by atoms with Crippen molar-refractivity contribution in [3.8, 4) is 17.2 Å². The summed E-state index contributed by atoms with van der Waals surface area (Å²) in [5.41, 5.74) is 3.36. The molecule has 5 nitrogen and oxygen atoms in total. The van der Waals surface area contributed by atoms with E-state index >= 15 is 0 Å². The Balaban J connectivity index is 1.46. The molecule has 1 amide bonds. The normalized spacial score (nSPS) is 12.5. The molecule has 0 saturated carbocycles. The number of amides is 1. The highest BCUT2D eigenvalue weighted by molar-refractivity contribution is 9.10. The van der Waals surface area contributed by atoms with Crippen LogP contribution in [0.4, 0.5) is 5.69 Å². The summed E-state index contributed by atoms with van der Waals surface area (Å²) in [5.74, 6) is 1.43. The predicted molar refractivity (Wildman–Crippen MR) is 136 cm³/mol. The third-order valence-corrected chi connectivity index (χ3v) is 6.24. The van der Waals surface area contributed by atoms with E-state index in [1.807, 2.05) is 54.6 Å². The van der Waals surface area contributed by atoms with Crippen LogP contribution < -0.4 is 10.1 Å². The molecule has 4 rings (SSSR count). The van der Waals surface area contributed by atoms with E-state index in [9.17, 15) is 4.79 Å². The molecule has 0 fully saturated rings. The highest BCUT2D eigenvalue weighted by atomic mass is 79.9. The number of aromatic nitrogens is 1. The molecule has 0 aliphatic carbocycles. The van der Waals surface area contributed by atoms with Crippen LogP contribution in [0.25, 0.3) is 22.6 Å². The number of hydrogen-bond acceptors (Lipinski definition) is 4. The van der Waals surface area contributed by atoms with E-state index < -0.39 is 5.60 Å². The summed E-state index contributed by atoms with van der Waals surface area (Å²) in [4.78, 5) is 17.5. The number of hydrogen-bond donors (Lipinski definition) is 1. The second-order valence-electron chi connectivity index (χ2n) is 8.65. The summed E-state index contributed by atoms with van der Waals surface area (Å²) >= 11 is 3.40. The molecule has 4 aromatic rings. The molecule has 6 heteroatoms. The Labute approximate surface area is 202 Å². The number of ether oxygens (including phenoxy) is 1. The maximum atomic E-state index is 12.8. The van der Waals surface area contributed by atoms with E-state index in [2.05, 4.69) is 52.2 Å². The molecule has 0 aliphatic rings. The van der Waals surface area contributed by atoms with Gasteiger partial charge in [-0.3, -0.25) is 4.79 Å². The summed E-state index contributed by atoms with van der Waals surface area (Å²) in [6.45, 7) is 7.87. The maximum absolute atomic E-state index is 12.8. The maximum Gasteiger partial charge on any atom is 0.267 e. The van der Waals surface area contributed by atoms with E-state index in [0.29, 0.717) is 23.2 Å². The molecule has 1 N–H and O–H groups in total. The third kappa shape index (κ3) is 5.28. The Morgan fingerprint density at radius 3 is 2.45 bits per heavy atom. The molecule has 0 spiro atoms. The van der Waals surface area contributed by atoms with Crippen LogP contribution in [0.3, 0.4) is 0 Å². The van der Waals surface area contributed by atoms with E-state index in [0.717, 1.165) is 27.6 Å². The lowest BCUT2D eigenvalue weighted by molar-refractivity contribution is -0.128. The van der Waals surface area contributed by atoms with Crippen LogP contribution in [0, 0.1) is 0 Å². The first-order valence-electron chi connectivity index (χ1n) is 11.0. The number of nitrogens with zero attached hydrogens (tertiary/aromatic N) is 1. The molecule has 170 valence electrons. The highest BCUT2D eigenvalue weighted by Gasteiger charge is 2.30. The van der Waals surface area contributed by atoms with Crippen LogP contribution in [0.15, 0.2) is 75.6 Å². The fourth-order valence-electron chi connectivity index (χ4n) is 3.43. The van der Waals surface area contributed by atoms with Crippen molar-refractivity contribution in [2.24, 2.45) is 0 Å². The van der Waals surface area contributed by atoms with Gasteiger partial charge in [-0.05, 0) is 92.4 Å². The lowest BCUT2D eigenvalue weighted by atomic mass is 9.98. The van der Waals surface area contributed by atoms with Gasteiger partial charge in [-0.1, -0.05) is 35.8 Å². The molecule has 0 bridgehead atoms. The van der Waals surface area contributed by atoms with Crippen molar-refractivity contribution >= 4 is 38.6 Å². The van der Waals surface area contributed by atoms with Gasteiger partial charge in [0.05, 0.1) is 0 Å². The molecule has 1 heterocycles. The Morgan fingerprint density at radius 1 is 1.09 bits per heavy atom. The van der Waals surface area contributed by atoms with Gasteiger partial charge >= 0.3 is 0 Å². The number of carbonyl (C=O) groups excluding carboxylic acids is 1.